The predicted molar refractivity (Wildman–Crippen MR) is 425 cm³/mol. The summed E-state index contributed by atoms with van der Waals surface area (Å²) in [4.78, 5) is 63.5. The number of H-pyrrole nitrogens is 1. The monoisotopic (exact) mass is 1630 g/mol. The van der Waals surface area contributed by atoms with Crippen LogP contribution in [0.5, 0.6) is 28.7 Å². The molecule has 11 aromatic rings. The lowest BCUT2D eigenvalue weighted by molar-refractivity contribution is -0.201. The van der Waals surface area contributed by atoms with Gasteiger partial charge in [0.15, 0.2) is 0 Å². The van der Waals surface area contributed by atoms with Crippen LogP contribution in [0, 0.1) is 41.5 Å². The highest BCUT2D eigenvalue weighted by Gasteiger charge is 2.42. The van der Waals surface area contributed by atoms with E-state index in [2.05, 4.69) is 52.6 Å². The molecule has 28 nitrogen and oxygen atoms in total. The normalized spacial score (nSPS) is 10.7. The number of carboxylic acid groups (broad SMARTS) is 1. The quantitative estimate of drug-likeness (QED) is 0.0212. The van der Waals surface area contributed by atoms with Crippen LogP contribution in [0.25, 0.3) is 0 Å². The number of aromatic amines is 1. The molecule has 0 aliphatic rings. The first-order chi connectivity index (χ1) is 55.2. The smallest absolute Gasteiger partial charge is 0.491 e. The Bertz CT molecular complexity index is 4790. The lowest BCUT2D eigenvalue weighted by atomic mass is 10.1. The van der Waals surface area contributed by atoms with E-state index in [0.717, 1.165) is 104 Å². The van der Waals surface area contributed by atoms with Gasteiger partial charge in [-0.3, -0.25) is 47.7 Å². The fourth-order valence-electron chi connectivity index (χ4n) is 10.0. The molecule has 0 unspecified atom stereocenters. The van der Waals surface area contributed by atoms with E-state index in [0.29, 0.717) is 63.4 Å². The maximum absolute atomic E-state index is 11.9. The number of benzene rings is 5. The molecule has 117 heavy (non-hydrogen) atoms. The van der Waals surface area contributed by atoms with Gasteiger partial charge in [-0.15, -0.1) is 0 Å². The maximum atomic E-state index is 11.9. The summed E-state index contributed by atoms with van der Waals surface area (Å²) in [5, 5.41) is 37.2. The predicted octanol–water partition coefficient (Wildman–Crippen LogP) is 13.8. The first-order valence-electron chi connectivity index (χ1n) is 35.9. The third kappa shape index (κ3) is 36.3. The third-order valence-corrected chi connectivity index (χ3v) is 15.4. The maximum Gasteiger partial charge on any atom is 0.491 e. The Morgan fingerprint density at radius 3 is 1.15 bits per heavy atom. The second-order valence-corrected chi connectivity index (χ2v) is 26.4. The summed E-state index contributed by atoms with van der Waals surface area (Å²) >= 11 is 0. The van der Waals surface area contributed by atoms with Gasteiger partial charge in [-0.1, -0.05) is 66.7 Å². The first-order valence-corrected chi connectivity index (χ1v) is 35.9. The fraction of sp³-hybridized carbons (Fsp3) is 0.325. The molecule has 0 atom stereocenters. The molecule has 6 N–H and O–H groups in total. The Balaban J connectivity index is 0.000000288. The number of primary amides is 1. The highest BCUT2D eigenvalue weighted by atomic mass is 19.4. The van der Waals surface area contributed by atoms with Gasteiger partial charge in [-0.25, -0.2) is 9.59 Å². The Labute approximate surface area is 674 Å². The molecule has 0 aliphatic heterocycles. The van der Waals surface area contributed by atoms with Crippen molar-refractivity contribution in [2.24, 2.45) is 11.5 Å². The molecular formula is C83H100F6N14O14. The van der Waals surface area contributed by atoms with Gasteiger partial charge in [0.1, 0.15) is 45.7 Å². The van der Waals surface area contributed by atoms with E-state index in [9.17, 15) is 55.1 Å². The molecular weight excluding hydrogens is 1530 g/mol. The van der Waals surface area contributed by atoms with Crippen LogP contribution in [0.4, 0.5) is 26.3 Å². The van der Waals surface area contributed by atoms with E-state index in [1.165, 1.54) is 22.7 Å². The van der Waals surface area contributed by atoms with Crippen molar-refractivity contribution < 1.29 is 93.4 Å². The largest absolute Gasteiger partial charge is 0.497 e. The number of aromatic carboxylic acids is 1. The average Bonchev–Trinajstić information content (AvgIpc) is 1.74. The molecule has 11 rings (SSSR count). The number of hydrogen-bond donors (Lipinski definition) is 4. The number of alkyl halides is 6. The number of esters is 3. The standard InChI is InChI=1S/C19H26N2O3.C13H15N3O2.C13H17N3O.C13H14N2O3.C12H14N2O.C5H5F3O.C4H3F3O3.C4H6N2/c1-14-12-16(8-11-18(22)24-19(2,3)4)21(20-14)13-15-6-9-17(23-5)10-7-15;1-9-7-12(13(14)17)16(15-9)8-10-3-5-11(18-2)6-4-10;1-10-7-12(8-14)16(15-10)9-11-3-5-13(17-2)6-4-11;1-9-7-12(13(16)17)15(14-9)8-10-3-5-11(18-2)6-4-10;1-10-7-8-14(13-10)9-11-3-5-12(15-2)6-4-11;1-2-3-4(9)5(6,7)8;1-2(8)10-3(9)4(5,6)7;1-4-2-3-5-6-4/h6-7,9-10,12H,8,11,13H2,1-5H3;3-7H,8H2,1-2H3,(H2,14,17);3-7H,8-9,14H2,1-2H3;3-7H,8H2,1-2H3,(H,16,17);3-8H,9H2,1-2H3;2-3H,1H3;1H3;2-3H,1H3,(H,5,6)/b;;;;;3-2+;;. The molecule has 6 aromatic heterocycles. The average molecular weight is 1630 g/mol. The number of hydrogen-bond acceptors (Lipinski definition) is 20. The zero-order valence-corrected chi connectivity index (χ0v) is 68.1. The molecule has 34 heteroatoms. The van der Waals surface area contributed by atoms with E-state index >= 15 is 0 Å². The van der Waals surface area contributed by atoms with Crippen molar-refractivity contribution in [3.63, 3.8) is 0 Å². The Morgan fingerprint density at radius 1 is 0.487 bits per heavy atom. The molecule has 0 saturated heterocycles. The number of nitrogens with two attached hydrogens (primary N) is 2. The molecule has 0 spiro atoms. The molecule has 0 bridgehead atoms. The minimum absolute atomic E-state index is 0.183. The molecule has 0 saturated carbocycles. The van der Waals surface area contributed by atoms with E-state index < -0.39 is 47.6 Å². The van der Waals surface area contributed by atoms with Crippen molar-refractivity contribution in [2.45, 2.75) is 146 Å². The van der Waals surface area contributed by atoms with Crippen molar-refractivity contribution in [3.05, 3.63) is 267 Å². The van der Waals surface area contributed by atoms with Crippen molar-refractivity contribution in [1.29, 1.82) is 0 Å². The van der Waals surface area contributed by atoms with E-state index in [4.69, 9.17) is 45.0 Å². The molecule has 0 radical (unpaired) electrons. The first kappa shape index (κ1) is 96.2. The van der Waals surface area contributed by atoms with Crippen molar-refractivity contribution in [1.82, 2.24) is 59.1 Å². The van der Waals surface area contributed by atoms with Crippen LogP contribution >= 0.6 is 0 Å². The fourth-order valence-corrected chi connectivity index (χ4v) is 10.0. The van der Waals surface area contributed by atoms with E-state index in [1.54, 1.807) is 65.5 Å². The van der Waals surface area contributed by atoms with Crippen molar-refractivity contribution in [3.8, 4) is 28.7 Å². The van der Waals surface area contributed by atoms with Crippen molar-refractivity contribution in [2.75, 3.05) is 35.5 Å². The van der Waals surface area contributed by atoms with Crippen LogP contribution in [-0.4, -0.2) is 153 Å². The second-order valence-electron chi connectivity index (χ2n) is 26.4. The SMILES string of the molecule is C/C=C/C(=O)C(F)(F)F.CC(=O)OC(=O)C(F)(F)F.COc1ccc(Cn2ccc(C)n2)cc1.COc1ccc(Cn2nc(C)cc2C(=O)O)cc1.COc1ccc(Cn2nc(C)cc2C(N)=O)cc1.COc1ccc(Cn2nc(C)cc2CCC(=O)OC(C)(C)C)cc1.COc1ccc(Cn2nc(C)cc2CN)cc1.Cc1ccn[nH]1. The van der Waals surface area contributed by atoms with Crippen LogP contribution < -0.4 is 35.2 Å². The molecule has 5 aromatic carbocycles. The number of nitrogens with one attached hydrogen (secondary N) is 1. The van der Waals surface area contributed by atoms with Crippen LogP contribution in [-0.2, 0) is 74.3 Å². The molecule has 1 amide bonds. The zero-order chi connectivity index (χ0) is 87.2. The summed E-state index contributed by atoms with van der Waals surface area (Å²) in [5.41, 5.74) is 24.4. The number of aromatic nitrogens is 12. The zero-order valence-electron chi connectivity index (χ0n) is 68.1. The highest BCUT2D eigenvalue weighted by molar-refractivity contribution is 5.94. The van der Waals surface area contributed by atoms with Gasteiger partial charge in [-0.05, 0) is 207 Å². The van der Waals surface area contributed by atoms with Crippen LogP contribution in [0.2, 0.25) is 0 Å². The van der Waals surface area contributed by atoms with Crippen molar-refractivity contribution >= 4 is 35.6 Å². The number of methoxy groups -OCH3 is 5. The summed E-state index contributed by atoms with van der Waals surface area (Å²) in [7, 11) is 8.22. The Morgan fingerprint density at radius 2 is 0.855 bits per heavy atom. The van der Waals surface area contributed by atoms with Crippen LogP contribution in [0.1, 0.15) is 135 Å². The molecule has 0 fully saturated rings. The minimum Gasteiger partial charge on any atom is -0.497 e. The second kappa shape index (κ2) is 47.5. The number of amides is 1. The topological polar surface area (TPSA) is 357 Å². The summed E-state index contributed by atoms with van der Waals surface area (Å²) < 4.78 is 110. The number of carbonyl (C=O) groups is 6. The Hall–Kier alpha value is -13.1. The Kier molecular flexibility index (Phi) is 39.1. The summed E-state index contributed by atoms with van der Waals surface area (Å²) in [5.74, 6) is -3.04. The number of allylic oxidation sites excluding steroid dienone is 2. The van der Waals surface area contributed by atoms with Gasteiger partial charge >= 0.3 is 36.2 Å². The summed E-state index contributed by atoms with van der Waals surface area (Å²) in [6, 6.07) is 50.2. The van der Waals surface area contributed by atoms with Gasteiger partial charge in [-0.2, -0.15) is 56.9 Å². The summed E-state index contributed by atoms with van der Waals surface area (Å²) in [6.07, 6.45) is -3.58. The number of carbonyl (C=O) groups excluding carboxylic acids is 5. The highest BCUT2D eigenvalue weighted by Crippen LogP contribution is 2.22. The van der Waals surface area contributed by atoms with E-state index in [-0.39, 0.29) is 11.7 Å². The minimum atomic E-state index is -5.09. The summed E-state index contributed by atoms with van der Waals surface area (Å²) in [6.45, 7) is 22.9. The lowest BCUT2D eigenvalue weighted by Gasteiger charge is -2.19. The van der Waals surface area contributed by atoms with Crippen LogP contribution in [0.15, 0.2) is 182 Å². The van der Waals surface area contributed by atoms with Gasteiger partial charge < -0.3 is 49.7 Å². The van der Waals surface area contributed by atoms with Gasteiger partial charge in [0.05, 0.1) is 109 Å². The molecule has 0 aliphatic carbocycles. The molecule has 6 heterocycles. The lowest BCUT2D eigenvalue weighted by Crippen LogP contribution is -2.26. The number of carboxylic acids is 1. The third-order valence-electron chi connectivity index (χ3n) is 15.4. The number of aryl methyl sites for hydroxylation is 7. The van der Waals surface area contributed by atoms with Gasteiger partial charge in [0.2, 0.25) is 0 Å². The number of nitrogens with zero attached hydrogens (tertiary/aromatic N) is 11. The number of halogens is 6. The van der Waals surface area contributed by atoms with E-state index in [1.807, 2.05) is 209 Å². The van der Waals surface area contributed by atoms with Gasteiger partial charge in [0.25, 0.3) is 11.7 Å². The number of rotatable bonds is 22. The van der Waals surface area contributed by atoms with Gasteiger partial charge in [0, 0.05) is 37.3 Å². The number of ether oxygens (including phenoxy) is 7. The number of ketones is 1. The van der Waals surface area contributed by atoms with Crippen LogP contribution in [0.3, 0.4) is 0 Å². The molecule has 628 valence electrons.